The number of ketones is 1. The van der Waals surface area contributed by atoms with Crippen molar-refractivity contribution in [3.63, 3.8) is 0 Å². The van der Waals surface area contributed by atoms with Gasteiger partial charge in [-0.05, 0) is 43.7 Å². The minimum absolute atomic E-state index is 0.00264. The van der Waals surface area contributed by atoms with Crippen molar-refractivity contribution in [2.24, 2.45) is 0 Å². The minimum atomic E-state index is -1.12. The van der Waals surface area contributed by atoms with E-state index in [2.05, 4.69) is 4.90 Å². The fourth-order valence-electron chi connectivity index (χ4n) is 5.86. The molecule has 1 heterocycles. The van der Waals surface area contributed by atoms with Gasteiger partial charge in [0.2, 0.25) is 0 Å². The van der Waals surface area contributed by atoms with Gasteiger partial charge in [-0.25, -0.2) is 0 Å². The number of allylic oxidation sites excluding steroid dienone is 1. The molecule has 0 aromatic heterocycles. The molecule has 1 aromatic rings. The summed E-state index contributed by atoms with van der Waals surface area (Å²) < 4.78 is 5.27. The number of piperidine rings is 1. The summed E-state index contributed by atoms with van der Waals surface area (Å²) >= 11 is 0. The van der Waals surface area contributed by atoms with Crippen LogP contribution in [0.2, 0.25) is 0 Å². The van der Waals surface area contributed by atoms with E-state index in [0.29, 0.717) is 17.7 Å². The molecule has 1 aliphatic heterocycles. The van der Waals surface area contributed by atoms with Gasteiger partial charge in [0.25, 0.3) is 0 Å². The van der Waals surface area contributed by atoms with Crippen LogP contribution in [-0.4, -0.2) is 52.2 Å². The second-order valence-corrected chi connectivity index (χ2v) is 7.50. The van der Waals surface area contributed by atoms with Crippen molar-refractivity contribution in [1.82, 2.24) is 4.90 Å². The highest BCUT2D eigenvalue weighted by atomic mass is 16.5. The highest BCUT2D eigenvalue weighted by molar-refractivity contribution is 5.94. The highest BCUT2D eigenvalue weighted by Gasteiger charge is 2.83. The predicted octanol–water partition coefficient (Wildman–Crippen LogP) is 0.911. The monoisotopic (exact) mass is 313 g/mol. The number of benzene rings is 1. The Balaban J connectivity index is 1.85. The SMILES string of the molecule is COc1ccc2c(c1O)C13CC(=O)C=CC1(O)C1N(C)C1(C2)C3. The van der Waals surface area contributed by atoms with E-state index < -0.39 is 11.0 Å². The zero-order valence-corrected chi connectivity index (χ0v) is 13.2. The first-order valence-electron chi connectivity index (χ1n) is 7.96. The van der Waals surface area contributed by atoms with Crippen LogP contribution in [-0.2, 0) is 16.6 Å². The van der Waals surface area contributed by atoms with Crippen molar-refractivity contribution in [3.8, 4) is 11.5 Å². The summed E-state index contributed by atoms with van der Waals surface area (Å²) in [6, 6.07) is 3.73. The summed E-state index contributed by atoms with van der Waals surface area (Å²) in [7, 11) is 3.55. The molecule has 4 aliphatic rings. The van der Waals surface area contributed by atoms with Gasteiger partial charge in [0.1, 0.15) is 5.60 Å². The van der Waals surface area contributed by atoms with E-state index in [4.69, 9.17) is 4.74 Å². The third-order valence-electron chi connectivity index (χ3n) is 6.74. The average Bonchev–Trinajstić information content (AvgIpc) is 2.99. The Morgan fingerprint density at radius 3 is 2.87 bits per heavy atom. The Kier molecular flexibility index (Phi) is 2.14. The number of likely N-dealkylation sites (N-methyl/N-ethyl adjacent to an activating group) is 1. The summed E-state index contributed by atoms with van der Waals surface area (Å²) in [6.45, 7) is 0. The molecule has 1 saturated carbocycles. The lowest BCUT2D eigenvalue weighted by atomic mass is 9.59. The van der Waals surface area contributed by atoms with Gasteiger partial charge in [0.05, 0.1) is 13.2 Å². The number of hydrogen-bond donors (Lipinski definition) is 2. The van der Waals surface area contributed by atoms with Crippen LogP contribution in [0.3, 0.4) is 0 Å². The van der Waals surface area contributed by atoms with Crippen LogP contribution < -0.4 is 4.74 Å². The van der Waals surface area contributed by atoms with Gasteiger partial charge in [-0.15, -0.1) is 0 Å². The number of ether oxygens (including phenoxy) is 1. The maximum atomic E-state index is 12.2. The molecule has 120 valence electrons. The van der Waals surface area contributed by atoms with Crippen LogP contribution in [0.1, 0.15) is 24.0 Å². The Labute approximate surface area is 134 Å². The first-order chi connectivity index (χ1) is 10.9. The Bertz CT molecular complexity index is 802. The highest BCUT2D eigenvalue weighted by Crippen LogP contribution is 2.72. The summed E-state index contributed by atoms with van der Waals surface area (Å²) in [6.07, 6.45) is 4.89. The van der Waals surface area contributed by atoms with E-state index in [-0.39, 0.29) is 29.5 Å². The van der Waals surface area contributed by atoms with Crippen LogP contribution in [0, 0.1) is 0 Å². The molecule has 1 saturated heterocycles. The molecule has 0 amide bonds. The van der Waals surface area contributed by atoms with Gasteiger partial charge >= 0.3 is 0 Å². The molecule has 2 bridgehead atoms. The van der Waals surface area contributed by atoms with Crippen molar-refractivity contribution < 1.29 is 19.7 Å². The number of phenols is 1. The number of carbonyl (C=O) groups excluding carboxylic acids is 1. The largest absolute Gasteiger partial charge is 0.504 e. The normalized spacial score (nSPS) is 45.3. The van der Waals surface area contributed by atoms with Gasteiger partial charge in [-0.3, -0.25) is 9.69 Å². The Morgan fingerprint density at radius 1 is 1.35 bits per heavy atom. The fourth-order valence-corrected chi connectivity index (χ4v) is 5.86. The van der Waals surface area contributed by atoms with Crippen LogP contribution in [0.4, 0.5) is 0 Å². The Morgan fingerprint density at radius 2 is 2.13 bits per heavy atom. The summed E-state index contributed by atoms with van der Waals surface area (Å²) in [5.41, 5.74) is -0.240. The number of likely N-dealkylation sites (tertiary alicyclic amines) is 1. The molecule has 5 nitrogen and oxygen atoms in total. The van der Waals surface area contributed by atoms with Crippen molar-refractivity contribution >= 4 is 5.78 Å². The lowest BCUT2D eigenvalue weighted by Gasteiger charge is -2.48. The van der Waals surface area contributed by atoms with E-state index in [1.54, 1.807) is 12.1 Å². The molecule has 1 aromatic carbocycles. The van der Waals surface area contributed by atoms with Crippen LogP contribution in [0.5, 0.6) is 11.5 Å². The van der Waals surface area contributed by atoms with Crippen molar-refractivity contribution in [3.05, 3.63) is 35.4 Å². The quantitative estimate of drug-likeness (QED) is 0.754. The molecule has 5 atom stereocenters. The molecule has 5 heteroatoms. The second kappa shape index (κ2) is 3.62. The van der Waals surface area contributed by atoms with Crippen molar-refractivity contribution in [2.45, 2.75) is 41.9 Å². The standard InChI is InChI=1S/C18H19NO4/c1-19-15-17(19)7-10-3-4-12(23-2)14(21)13(10)16(9-17)8-11(20)5-6-18(15,16)22/h3-6,15,21-22H,7-9H2,1-2H3. The first-order valence-corrected chi connectivity index (χ1v) is 7.96. The number of hydrogen-bond acceptors (Lipinski definition) is 5. The number of carbonyl (C=O) groups is 1. The topological polar surface area (TPSA) is 69.8 Å². The molecule has 5 unspecified atom stereocenters. The molecule has 0 radical (unpaired) electrons. The summed E-state index contributed by atoms with van der Waals surface area (Å²) in [5.74, 6) is 0.474. The number of aromatic hydroxyl groups is 1. The molecule has 2 fully saturated rings. The van der Waals surface area contributed by atoms with E-state index in [1.165, 1.54) is 13.2 Å². The van der Waals surface area contributed by atoms with Gasteiger partial charge in [0, 0.05) is 22.9 Å². The minimum Gasteiger partial charge on any atom is -0.504 e. The molecule has 3 aliphatic carbocycles. The van der Waals surface area contributed by atoms with Crippen LogP contribution in [0.25, 0.3) is 0 Å². The smallest absolute Gasteiger partial charge is 0.161 e. The van der Waals surface area contributed by atoms with E-state index in [9.17, 15) is 15.0 Å². The maximum Gasteiger partial charge on any atom is 0.161 e. The number of fused-ring (bicyclic) bond motifs is 2. The average molecular weight is 313 g/mol. The van der Waals surface area contributed by atoms with E-state index in [1.807, 2.05) is 13.1 Å². The third kappa shape index (κ3) is 1.21. The van der Waals surface area contributed by atoms with Crippen molar-refractivity contribution in [2.75, 3.05) is 14.2 Å². The lowest BCUT2D eigenvalue weighted by Crippen LogP contribution is -2.56. The number of methoxy groups -OCH3 is 1. The van der Waals surface area contributed by atoms with E-state index >= 15 is 0 Å². The number of phenolic OH excluding ortho intramolecular Hbond substituents is 1. The maximum absolute atomic E-state index is 12.2. The fraction of sp³-hybridized carbons (Fsp3) is 0.500. The molecular formula is C18H19NO4. The van der Waals surface area contributed by atoms with Gasteiger partial charge in [0.15, 0.2) is 17.3 Å². The molecule has 2 spiro atoms. The summed E-state index contributed by atoms with van der Waals surface area (Å²) in [5, 5.41) is 22.3. The predicted molar refractivity (Wildman–Crippen MR) is 82.7 cm³/mol. The number of aliphatic hydroxyl groups is 1. The third-order valence-corrected chi connectivity index (χ3v) is 6.74. The lowest BCUT2D eigenvalue weighted by molar-refractivity contribution is -0.120. The Hall–Kier alpha value is -1.85. The first kappa shape index (κ1) is 13.6. The van der Waals surface area contributed by atoms with Gasteiger partial charge < -0.3 is 14.9 Å². The summed E-state index contributed by atoms with van der Waals surface area (Å²) in [4.78, 5) is 14.4. The number of rotatable bonds is 1. The molecule has 2 N–H and O–H groups in total. The van der Waals surface area contributed by atoms with E-state index in [0.717, 1.165) is 12.0 Å². The van der Waals surface area contributed by atoms with Crippen LogP contribution >= 0.6 is 0 Å². The molecule has 23 heavy (non-hydrogen) atoms. The van der Waals surface area contributed by atoms with Gasteiger partial charge in [-0.2, -0.15) is 0 Å². The molecule has 5 rings (SSSR count). The zero-order valence-electron chi connectivity index (χ0n) is 13.2. The van der Waals surface area contributed by atoms with Crippen LogP contribution in [0.15, 0.2) is 24.3 Å². The number of nitrogens with zero attached hydrogens (tertiary/aromatic N) is 1. The van der Waals surface area contributed by atoms with Crippen molar-refractivity contribution in [1.29, 1.82) is 0 Å². The zero-order chi connectivity index (χ0) is 16.2. The second-order valence-electron chi connectivity index (χ2n) is 7.50. The van der Waals surface area contributed by atoms with Gasteiger partial charge in [-0.1, -0.05) is 6.07 Å². The molecular weight excluding hydrogens is 294 g/mol.